The van der Waals surface area contributed by atoms with Crippen LogP contribution in [0.2, 0.25) is 0 Å². The maximum Gasteiger partial charge on any atom is 0.309 e. The van der Waals surface area contributed by atoms with E-state index in [1.807, 2.05) is 46.9 Å². The third-order valence-corrected chi connectivity index (χ3v) is 9.04. The van der Waals surface area contributed by atoms with Gasteiger partial charge in [0.25, 0.3) is 0 Å². The molecule has 3 heterocycles. The minimum absolute atomic E-state index is 0.192. The van der Waals surface area contributed by atoms with E-state index in [2.05, 4.69) is 85.4 Å². The van der Waals surface area contributed by atoms with Gasteiger partial charge in [0.1, 0.15) is 5.52 Å². The molecule has 0 aliphatic heterocycles. The van der Waals surface area contributed by atoms with Gasteiger partial charge in [-0.1, -0.05) is 98.8 Å². The molecule has 202 valence electrons. The zero-order valence-corrected chi connectivity index (χ0v) is 23.6. The number of aromatic nitrogens is 3. The maximum atomic E-state index is 7.50. The Kier molecular flexibility index (Phi) is 4.68. The Morgan fingerprint density at radius 2 is 1.42 bits per heavy atom. The number of nitrogens with zero attached hydrogens (tertiary/aromatic N) is 4. The quantitative estimate of drug-likeness (QED) is 0.201. The van der Waals surface area contributed by atoms with Gasteiger partial charge in [0.05, 0.1) is 17.8 Å². The summed E-state index contributed by atoms with van der Waals surface area (Å²) >= 11 is 0. The van der Waals surface area contributed by atoms with Gasteiger partial charge in [-0.2, -0.15) is 4.98 Å². The minimum atomic E-state index is -0.192. The van der Waals surface area contributed by atoms with Crippen LogP contribution in [0.1, 0.15) is 25.0 Å². The van der Waals surface area contributed by atoms with Gasteiger partial charge in [-0.25, -0.2) is 14.2 Å². The molecule has 0 fully saturated rings. The van der Waals surface area contributed by atoms with Crippen LogP contribution in [0.5, 0.6) is 0 Å². The summed E-state index contributed by atoms with van der Waals surface area (Å²) < 4.78 is 8.11. The van der Waals surface area contributed by atoms with Gasteiger partial charge in [0.15, 0.2) is 16.9 Å². The van der Waals surface area contributed by atoms with Gasteiger partial charge >= 0.3 is 5.84 Å². The first-order valence-electron chi connectivity index (χ1n) is 14.4. The lowest BCUT2D eigenvalue weighted by Gasteiger charge is -2.22. The van der Waals surface area contributed by atoms with Crippen LogP contribution in [0.25, 0.3) is 77.2 Å². The number of pyridine rings is 1. The van der Waals surface area contributed by atoms with E-state index in [1.54, 1.807) is 0 Å². The molecule has 0 amide bonds. The molecule has 0 atom stereocenters. The standard InChI is InChI=1S/C38H24N4O/c1-38(2)30-20-23(15-17-26(30)27-18-16-25(39-3)21-31(27)38)22-9-8-10-24(19-22)34-28-11-4-5-12-29(28)35-36(40-34)42-32-13-6-7-14-33(32)43-37(42)41-35/h4-21H,1-2H3. The van der Waals surface area contributed by atoms with Gasteiger partial charge in [-0.15, -0.1) is 0 Å². The van der Waals surface area contributed by atoms with Crippen molar-refractivity contribution in [2.75, 3.05) is 0 Å². The maximum absolute atomic E-state index is 7.50. The summed E-state index contributed by atoms with van der Waals surface area (Å²) in [5.41, 5.74) is 13.1. The Labute approximate surface area is 247 Å². The summed E-state index contributed by atoms with van der Waals surface area (Å²) in [6.45, 7) is 12.0. The van der Waals surface area contributed by atoms with Crippen molar-refractivity contribution >= 4 is 44.6 Å². The number of benzene rings is 5. The van der Waals surface area contributed by atoms with Crippen molar-refractivity contribution < 1.29 is 4.42 Å². The predicted octanol–water partition coefficient (Wildman–Crippen LogP) is 9.97. The highest BCUT2D eigenvalue weighted by molar-refractivity contribution is 6.10. The van der Waals surface area contributed by atoms with E-state index in [0.29, 0.717) is 11.5 Å². The molecular weight excluding hydrogens is 528 g/mol. The highest BCUT2D eigenvalue weighted by atomic mass is 16.4. The zero-order valence-electron chi connectivity index (χ0n) is 23.6. The van der Waals surface area contributed by atoms with E-state index in [0.717, 1.165) is 55.4 Å². The zero-order chi connectivity index (χ0) is 28.9. The van der Waals surface area contributed by atoms with Crippen LogP contribution in [0.4, 0.5) is 5.69 Å². The second-order valence-electron chi connectivity index (χ2n) is 11.8. The molecule has 8 aromatic rings. The molecule has 5 heteroatoms. The van der Waals surface area contributed by atoms with Crippen LogP contribution < -0.4 is 0 Å². The van der Waals surface area contributed by atoms with Crippen molar-refractivity contribution in [2.45, 2.75) is 19.3 Å². The first-order chi connectivity index (χ1) is 21.0. The summed E-state index contributed by atoms with van der Waals surface area (Å²) in [6.07, 6.45) is 0. The van der Waals surface area contributed by atoms with Gasteiger partial charge in [-0.3, -0.25) is 0 Å². The Hall–Kier alpha value is -5.73. The van der Waals surface area contributed by atoms with Crippen LogP contribution >= 0.6 is 0 Å². The van der Waals surface area contributed by atoms with Gasteiger partial charge < -0.3 is 4.42 Å². The molecule has 1 aliphatic rings. The van der Waals surface area contributed by atoms with E-state index in [4.69, 9.17) is 21.0 Å². The average molecular weight is 553 g/mol. The number of imidazole rings is 1. The molecule has 5 aromatic carbocycles. The monoisotopic (exact) mass is 552 g/mol. The topological polar surface area (TPSA) is 47.7 Å². The molecule has 0 radical (unpaired) electrons. The van der Waals surface area contributed by atoms with E-state index in [1.165, 1.54) is 22.3 Å². The summed E-state index contributed by atoms with van der Waals surface area (Å²) in [5, 5.41) is 2.10. The molecule has 0 bridgehead atoms. The Balaban J connectivity index is 1.23. The van der Waals surface area contributed by atoms with Crippen LogP contribution in [0, 0.1) is 6.57 Å². The summed E-state index contributed by atoms with van der Waals surface area (Å²) in [6, 6.07) is 37.8. The molecule has 0 saturated carbocycles. The Bertz CT molecular complexity index is 2510. The molecule has 0 N–H and O–H groups in total. The molecule has 5 nitrogen and oxygen atoms in total. The lowest BCUT2D eigenvalue weighted by Crippen LogP contribution is -2.14. The summed E-state index contributed by atoms with van der Waals surface area (Å²) in [4.78, 5) is 13.8. The normalized spacial score (nSPS) is 13.5. The first kappa shape index (κ1) is 23.9. The predicted molar refractivity (Wildman–Crippen MR) is 172 cm³/mol. The molecule has 9 rings (SSSR count). The fraction of sp³-hybridized carbons (Fsp3) is 0.0789. The van der Waals surface area contributed by atoms with E-state index in [9.17, 15) is 0 Å². The average Bonchev–Trinajstić information content (AvgIpc) is 3.67. The van der Waals surface area contributed by atoms with E-state index < -0.39 is 0 Å². The molecule has 0 spiro atoms. The van der Waals surface area contributed by atoms with Crippen LogP contribution in [0.15, 0.2) is 114 Å². The summed E-state index contributed by atoms with van der Waals surface area (Å²) in [7, 11) is 0. The number of hydrogen-bond acceptors (Lipinski definition) is 3. The number of oxazole rings is 1. The van der Waals surface area contributed by atoms with E-state index in [-0.39, 0.29) is 5.41 Å². The lowest BCUT2D eigenvalue weighted by atomic mass is 9.81. The fourth-order valence-electron chi connectivity index (χ4n) is 6.89. The molecule has 0 unspecified atom stereocenters. The van der Waals surface area contributed by atoms with Crippen molar-refractivity contribution in [3.05, 3.63) is 132 Å². The number of rotatable bonds is 2. The van der Waals surface area contributed by atoms with Crippen LogP contribution in [-0.4, -0.2) is 14.4 Å². The van der Waals surface area contributed by atoms with Crippen molar-refractivity contribution in [1.82, 2.24) is 14.4 Å². The molecule has 3 aromatic heterocycles. The van der Waals surface area contributed by atoms with Crippen molar-refractivity contribution in [2.24, 2.45) is 0 Å². The van der Waals surface area contributed by atoms with Gasteiger partial charge in [-0.05, 0) is 57.6 Å². The van der Waals surface area contributed by atoms with E-state index >= 15 is 0 Å². The van der Waals surface area contributed by atoms with Crippen molar-refractivity contribution in [3.63, 3.8) is 0 Å². The largest absolute Gasteiger partial charge is 0.423 e. The van der Waals surface area contributed by atoms with Gasteiger partial charge in [0.2, 0.25) is 0 Å². The molecule has 1 aliphatic carbocycles. The minimum Gasteiger partial charge on any atom is -0.423 e. The second kappa shape index (κ2) is 8.40. The fourth-order valence-corrected chi connectivity index (χ4v) is 6.89. The Morgan fingerprint density at radius 3 is 2.28 bits per heavy atom. The lowest BCUT2D eigenvalue weighted by molar-refractivity contribution is 0.643. The third-order valence-electron chi connectivity index (χ3n) is 9.04. The highest BCUT2D eigenvalue weighted by Crippen LogP contribution is 2.50. The van der Waals surface area contributed by atoms with Crippen molar-refractivity contribution in [3.8, 4) is 33.5 Å². The smallest absolute Gasteiger partial charge is 0.309 e. The Morgan fingerprint density at radius 1 is 0.698 bits per heavy atom. The molecule has 0 saturated heterocycles. The van der Waals surface area contributed by atoms with Crippen molar-refractivity contribution in [1.29, 1.82) is 0 Å². The highest BCUT2D eigenvalue weighted by Gasteiger charge is 2.35. The SMILES string of the molecule is [C-]#[N+]c1ccc2c(c1)C(C)(C)c1cc(-c3cccc(-c4nc5c(nc6oc7ccccc7n65)c5ccccc45)c3)ccc1-2. The van der Waals surface area contributed by atoms with Gasteiger partial charge in [0, 0.05) is 21.8 Å². The number of fused-ring (bicyclic) bond motifs is 10. The number of hydrogen-bond donors (Lipinski definition) is 0. The number of para-hydroxylation sites is 2. The van der Waals surface area contributed by atoms with Crippen LogP contribution in [0.3, 0.4) is 0 Å². The van der Waals surface area contributed by atoms with Crippen LogP contribution in [-0.2, 0) is 5.41 Å². The summed E-state index contributed by atoms with van der Waals surface area (Å²) in [5.74, 6) is 0.546. The first-order valence-corrected chi connectivity index (χ1v) is 14.4. The second-order valence-corrected chi connectivity index (χ2v) is 11.8. The molecular formula is C38H24N4O. The molecule has 43 heavy (non-hydrogen) atoms. The third kappa shape index (κ3) is 3.26.